The van der Waals surface area contributed by atoms with Gasteiger partial charge in [-0.3, -0.25) is 9.59 Å². The van der Waals surface area contributed by atoms with Crippen molar-refractivity contribution in [2.45, 2.75) is 6.61 Å². The van der Waals surface area contributed by atoms with E-state index in [1.54, 1.807) is 36.4 Å². The van der Waals surface area contributed by atoms with Gasteiger partial charge >= 0.3 is 11.8 Å². The number of hydrazone groups is 1. The molecule has 0 aliphatic carbocycles. The minimum atomic E-state index is -0.946. The second-order valence-corrected chi connectivity index (χ2v) is 6.58. The lowest BCUT2D eigenvalue weighted by atomic mass is 10.2. The fourth-order valence-electron chi connectivity index (χ4n) is 2.33. The van der Waals surface area contributed by atoms with Crippen molar-refractivity contribution in [2.75, 3.05) is 5.32 Å². The van der Waals surface area contributed by atoms with Crippen LogP contribution in [0.5, 0.6) is 5.75 Å². The molecule has 8 heteroatoms. The summed E-state index contributed by atoms with van der Waals surface area (Å²) in [6.07, 6.45) is 1.39. The summed E-state index contributed by atoms with van der Waals surface area (Å²) in [6.45, 7) is 0.407. The molecule has 3 rings (SSSR count). The van der Waals surface area contributed by atoms with Crippen molar-refractivity contribution in [3.8, 4) is 5.75 Å². The number of ether oxygens (including phenoxy) is 1. The molecule has 6 nitrogen and oxygen atoms in total. The third kappa shape index (κ3) is 6.42. The van der Waals surface area contributed by atoms with E-state index in [0.29, 0.717) is 28.6 Å². The molecule has 2 amide bonds. The first-order valence-electron chi connectivity index (χ1n) is 8.87. The van der Waals surface area contributed by atoms with Gasteiger partial charge < -0.3 is 10.1 Å². The molecular formula is C22H17ClFN3O3. The van der Waals surface area contributed by atoms with Gasteiger partial charge in [-0.25, -0.2) is 9.82 Å². The fraction of sp³-hybridized carbons (Fsp3) is 0.0455. The SMILES string of the molecule is O=C(NN=Cc1ccc(OCc2ccc(Cl)cc2)cc1)C(=O)Nc1ccc(F)cc1. The number of nitrogens with zero attached hydrogens (tertiary/aromatic N) is 1. The van der Waals surface area contributed by atoms with Gasteiger partial charge in [0.15, 0.2) is 0 Å². The van der Waals surface area contributed by atoms with Crippen molar-refractivity contribution < 1.29 is 18.7 Å². The smallest absolute Gasteiger partial charge is 0.329 e. The second-order valence-electron chi connectivity index (χ2n) is 6.14. The van der Waals surface area contributed by atoms with Crippen LogP contribution in [0, 0.1) is 5.82 Å². The minimum Gasteiger partial charge on any atom is -0.489 e. The molecule has 0 atom stereocenters. The molecule has 152 valence electrons. The lowest BCUT2D eigenvalue weighted by Gasteiger charge is -2.06. The average molecular weight is 426 g/mol. The maximum absolute atomic E-state index is 12.8. The summed E-state index contributed by atoms with van der Waals surface area (Å²) in [5, 5.41) is 6.76. The van der Waals surface area contributed by atoms with Crippen molar-refractivity contribution in [1.82, 2.24) is 5.43 Å². The van der Waals surface area contributed by atoms with Crippen molar-refractivity contribution in [1.29, 1.82) is 0 Å². The molecule has 0 bridgehead atoms. The van der Waals surface area contributed by atoms with Gasteiger partial charge in [0, 0.05) is 10.7 Å². The van der Waals surface area contributed by atoms with Crippen LogP contribution >= 0.6 is 11.6 Å². The first-order chi connectivity index (χ1) is 14.5. The van der Waals surface area contributed by atoms with E-state index in [-0.39, 0.29) is 0 Å². The van der Waals surface area contributed by atoms with E-state index in [1.165, 1.54) is 30.5 Å². The van der Waals surface area contributed by atoms with E-state index >= 15 is 0 Å². The topological polar surface area (TPSA) is 79.8 Å². The molecule has 3 aromatic carbocycles. The minimum absolute atomic E-state index is 0.301. The Morgan fingerprint density at radius 2 is 1.60 bits per heavy atom. The summed E-state index contributed by atoms with van der Waals surface area (Å²) in [5.41, 5.74) is 4.13. The highest BCUT2D eigenvalue weighted by molar-refractivity contribution is 6.39. The van der Waals surface area contributed by atoms with Crippen LogP contribution in [-0.2, 0) is 16.2 Å². The van der Waals surface area contributed by atoms with Crippen molar-refractivity contribution in [3.63, 3.8) is 0 Å². The van der Waals surface area contributed by atoms with E-state index in [9.17, 15) is 14.0 Å². The molecule has 0 aliphatic heterocycles. The number of amides is 2. The van der Waals surface area contributed by atoms with Crippen LogP contribution in [0.4, 0.5) is 10.1 Å². The molecule has 0 radical (unpaired) electrons. The van der Waals surface area contributed by atoms with Gasteiger partial charge in [-0.2, -0.15) is 5.10 Å². The molecule has 0 fully saturated rings. The number of nitrogens with one attached hydrogen (secondary N) is 2. The molecule has 0 aliphatic rings. The molecule has 0 saturated carbocycles. The molecule has 30 heavy (non-hydrogen) atoms. The van der Waals surface area contributed by atoms with Gasteiger partial charge in [-0.1, -0.05) is 23.7 Å². The van der Waals surface area contributed by atoms with E-state index in [4.69, 9.17) is 16.3 Å². The molecule has 0 heterocycles. The Hall–Kier alpha value is -3.71. The van der Waals surface area contributed by atoms with Gasteiger partial charge in [-0.05, 0) is 71.8 Å². The molecular weight excluding hydrogens is 409 g/mol. The lowest BCUT2D eigenvalue weighted by molar-refractivity contribution is -0.136. The van der Waals surface area contributed by atoms with Gasteiger partial charge in [0.2, 0.25) is 0 Å². The number of hydrogen-bond donors (Lipinski definition) is 2. The predicted molar refractivity (Wildman–Crippen MR) is 113 cm³/mol. The molecule has 3 aromatic rings. The largest absolute Gasteiger partial charge is 0.489 e. The Balaban J connectivity index is 1.46. The maximum Gasteiger partial charge on any atom is 0.329 e. The van der Waals surface area contributed by atoms with E-state index in [2.05, 4.69) is 15.8 Å². The number of carbonyl (C=O) groups is 2. The quantitative estimate of drug-likeness (QED) is 0.354. The zero-order chi connectivity index (χ0) is 21.3. The first-order valence-corrected chi connectivity index (χ1v) is 9.25. The van der Waals surface area contributed by atoms with Gasteiger partial charge in [-0.15, -0.1) is 0 Å². The average Bonchev–Trinajstić information content (AvgIpc) is 2.76. The maximum atomic E-state index is 12.8. The highest BCUT2D eigenvalue weighted by atomic mass is 35.5. The number of carbonyl (C=O) groups excluding carboxylic acids is 2. The van der Waals surface area contributed by atoms with E-state index < -0.39 is 17.6 Å². The number of hydrogen-bond acceptors (Lipinski definition) is 4. The molecule has 0 spiro atoms. The summed E-state index contributed by atoms with van der Waals surface area (Å²) in [7, 11) is 0. The van der Waals surface area contributed by atoms with E-state index in [1.807, 2.05) is 12.1 Å². The third-order valence-electron chi connectivity index (χ3n) is 3.89. The van der Waals surface area contributed by atoms with Gasteiger partial charge in [0.25, 0.3) is 0 Å². The van der Waals surface area contributed by atoms with Crippen LogP contribution in [0.25, 0.3) is 0 Å². The van der Waals surface area contributed by atoms with Crippen molar-refractivity contribution in [2.24, 2.45) is 5.10 Å². The number of halogens is 2. The van der Waals surface area contributed by atoms with Gasteiger partial charge in [0.05, 0.1) is 6.21 Å². The summed E-state index contributed by atoms with van der Waals surface area (Å²) in [5.74, 6) is -1.63. The van der Waals surface area contributed by atoms with Crippen LogP contribution < -0.4 is 15.5 Å². The van der Waals surface area contributed by atoms with Crippen molar-refractivity contribution >= 4 is 35.3 Å². The van der Waals surface area contributed by atoms with Crippen LogP contribution in [0.15, 0.2) is 77.9 Å². The molecule has 2 N–H and O–H groups in total. The normalized spacial score (nSPS) is 10.6. The Kier molecular flexibility index (Phi) is 7.13. The number of benzene rings is 3. The van der Waals surface area contributed by atoms with Crippen LogP contribution in [0.2, 0.25) is 5.02 Å². The number of anilines is 1. The summed E-state index contributed by atoms with van der Waals surface area (Å²) >= 11 is 5.85. The molecule has 0 saturated heterocycles. The van der Waals surface area contributed by atoms with Crippen molar-refractivity contribution in [3.05, 3.63) is 94.8 Å². The third-order valence-corrected chi connectivity index (χ3v) is 4.14. The van der Waals surface area contributed by atoms with Crippen LogP contribution in [0.1, 0.15) is 11.1 Å². The zero-order valence-corrected chi connectivity index (χ0v) is 16.4. The standard InChI is InChI=1S/C22H17ClFN3O3/c23-17-5-1-16(2-6-17)14-30-20-11-3-15(4-12-20)13-25-27-22(29)21(28)26-19-9-7-18(24)8-10-19/h1-13H,14H2,(H,26,28)(H,27,29). The Morgan fingerprint density at radius 1 is 0.933 bits per heavy atom. The number of rotatable bonds is 6. The van der Waals surface area contributed by atoms with Gasteiger partial charge in [0.1, 0.15) is 18.2 Å². The second kappa shape index (κ2) is 10.2. The Bertz CT molecular complexity index is 1040. The highest BCUT2D eigenvalue weighted by Gasteiger charge is 2.12. The summed E-state index contributed by atoms with van der Waals surface area (Å²) in [6, 6.07) is 19.5. The summed E-state index contributed by atoms with van der Waals surface area (Å²) < 4.78 is 18.5. The Labute approximate surface area is 177 Å². The highest BCUT2D eigenvalue weighted by Crippen LogP contribution is 2.15. The van der Waals surface area contributed by atoms with Crippen LogP contribution in [0.3, 0.4) is 0 Å². The predicted octanol–water partition coefficient (Wildman–Crippen LogP) is 4.15. The monoisotopic (exact) mass is 425 g/mol. The molecule has 0 unspecified atom stereocenters. The first kappa shape index (κ1) is 21.0. The van der Waals surface area contributed by atoms with Crippen LogP contribution in [-0.4, -0.2) is 18.0 Å². The fourth-order valence-corrected chi connectivity index (χ4v) is 2.46. The molecule has 0 aromatic heterocycles. The Morgan fingerprint density at radius 3 is 2.27 bits per heavy atom. The zero-order valence-electron chi connectivity index (χ0n) is 15.6. The summed E-state index contributed by atoms with van der Waals surface area (Å²) in [4.78, 5) is 23.5. The lowest BCUT2D eigenvalue weighted by Crippen LogP contribution is -2.32. The van der Waals surface area contributed by atoms with E-state index in [0.717, 1.165) is 5.56 Å².